The molecule has 0 N–H and O–H groups in total. The Morgan fingerprint density at radius 3 is 2.00 bits per heavy atom. The van der Waals surface area contributed by atoms with Crippen LogP contribution in [0.25, 0.3) is 31.9 Å². The summed E-state index contributed by atoms with van der Waals surface area (Å²) in [4.78, 5) is 4.52. The number of alkyl halides is 2. The average molecular weight is 551 g/mol. The molecule has 2 nitrogen and oxygen atoms in total. The van der Waals surface area contributed by atoms with Gasteiger partial charge in [-0.1, -0.05) is 30.3 Å². The van der Waals surface area contributed by atoms with Crippen LogP contribution in [0.15, 0.2) is 60.7 Å². The molecule has 0 atom stereocenters. The third-order valence-electron chi connectivity index (χ3n) is 5.64. The first-order valence-corrected chi connectivity index (χ1v) is 11.6. The van der Waals surface area contributed by atoms with Crippen LogP contribution in [0.2, 0.25) is 0 Å². The molecule has 0 aliphatic rings. The van der Waals surface area contributed by atoms with E-state index in [1.54, 1.807) is 12.1 Å². The van der Waals surface area contributed by atoms with E-state index < -0.39 is 57.9 Å². The van der Waals surface area contributed by atoms with E-state index in [0.29, 0.717) is 16.6 Å². The van der Waals surface area contributed by atoms with Gasteiger partial charge in [-0.25, -0.2) is 31.3 Å². The van der Waals surface area contributed by atoms with Gasteiger partial charge in [-0.3, -0.25) is 0 Å². The number of fused-ring (bicyclic) bond motifs is 1. The largest absolute Gasteiger partial charge is 0.432 e. The molecular weight excluding hydrogens is 538 g/mol. The molecule has 11 heteroatoms. The van der Waals surface area contributed by atoms with E-state index in [4.69, 9.17) is 0 Å². The number of halogens is 8. The maximum Gasteiger partial charge on any atom is 0.432 e. The number of nitrogens with zero attached hydrogens (tertiary/aromatic N) is 1. The van der Waals surface area contributed by atoms with E-state index in [2.05, 4.69) is 9.72 Å². The maximum atomic E-state index is 14.9. The molecule has 1 aromatic heterocycles. The third kappa shape index (κ3) is 4.58. The molecule has 1 heterocycles. The van der Waals surface area contributed by atoms with Gasteiger partial charge in [-0.15, -0.1) is 11.3 Å². The quantitative estimate of drug-likeness (QED) is 0.124. The highest BCUT2D eigenvalue weighted by molar-refractivity contribution is 7.21. The van der Waals surface area contributed by atoms with Crippen LogP contribution in [0.4, 0.5) is 35.1 Å². The van der Waals surface area contributed by atoms with E-state index in [0.717, 1.165) is 15.8 Å². The molecule has 0 amide bonds. The number of ether oxygens (including phenoxy) is 1. The van der Waals surface area contributed by atoms with Crippen molar-refractivity contribution in [3.8, 4) is 27.4 Å². The molecule has 0 aliphatic carbocycles. The summed E-state index contributed by atoms with van der Waals surface area (Å²) < 4.78 is 118. The summed E-state index contributed by atoms with van der Waals surface area (Å²) in [6.45, 7) is 1.94. The predicted octanol–water partition coefficient (Wildman–Crippen LogP) is 8.90. The highest BCUT2D eigenvalue weighted by Crippen LogP contribution is 2.40. The van der Waals surface area contributed by atoms with Crippen LogP contribution in [0.3, 0.4) is 0 Å². The number of hydrogen-bond donors (Lipinski definition) is 0. The van der Waals surface area contributed by atoms with Crippen LogP contribution in [0.1, 0.15) is 11.1 Å². The van der Waals surface area contributed by atoms with E-state index in [1.165, 1.54) is 23.5 Å². The zero-order valence-corrected chi connectivity index (χ0v) is 19.9. The first-order chi connectivity index (χ1) is 17.9. The molecule has 0 saturated heterocycles. The Bertz CT molecular complexity index is 1680. The van der Waals surface area contributed by atoms with Crippen LogP contribution in [-0.2, 0) is 6.11 Å². The molecule has 38 heavy (non-hydrogen) atoms. The van der Waals surface area contributed by atoms with E-state index in [-0.39, 0.29) is 17.7 Å². The zero-order chi connectivity index (χ0) is 27.4. The number of benzene rings is 4. The van der Waals surface area contributed by atoms with Crippen molar-refractivity contribution in [2.75, 3.05) is 0 Å². The van der Waals surface area contributed by atoms with Gasteiger partial charge in [0.15, 0.2) is 29.1 Å². The Morgan fingerprint density at radius 2 is 1.34 bits per heavy atom. The van der Waals surface area contributed by atoms with Crippen molar-refractivity contribution in [2.45, 2.75) is 13.0 Å². The highest BCUT2D eigenvalue weighted by Gasteiger charge is 2.43. The van der Waals surface area contributed by atoms with Crippen molar-refractivity contribution in [1.29, 1.82) is 0 Å². The minimum absolute atomic E-state index is 0.0144. The lowest BCUT2D eigenvalue weighted by atomic mass is 10.00. The van der Waals surface area contributed by atoms with Gasteiger partial charge in [0.05, 0.1) is 10.2 Å². The molecule has 0 saturated carbocycles. The third-order valence-corrected chi connectivity index (χ3v) is 6.71. The minimum Gasteiger partial charge on any atom is -0.429 e. The topological polar surface area (TPSA) is 22.1 Å². The van der Waals surface area contributed by atoms with Crippen LogP contribution in [-0.4, -0.2) is 4.98 Å². The fraction of sp³-hybridized carbons (Fsp3) is 0.0741. The molecule has 194 valence electrons. The fourth-order valence-corrected chi connectivity index (χ4v) is 4.88. The molecule has 0 bridgehead atoms. The molecule has 5 rings (SSSR count). The minimum atomic E-state index is -4.90. The Hall–Kier alpha value is -3.99. The molecule has 0 fully saturated rings. The molecule has 0 spiro atoms. The van der Waals surface area contributed by atoms with Gasteiger partial charge in [-0.2, -0.15) is 8.78 Å². The fourth-order valence-electron chi connectivity index (χ4n) is 3.81. The standard InChI is InChI=1S/C27H13F8NOS/c1-12-2-7-20-21(8-12)38-26(36-20)14-5-3-13(4-6-14)16-11-17(28)22(25(33)23(16)31)27(34,35)37-15-9-18(29)24(32)19(30)10-15/h2-11H,1H3. The molecule has 4 aromatic carbocycles. The van der Waals surface area contributed by atoms with Gasteiger partial charge >= 0.3 is 6.11 Å². The van der Waals surface area contributed by atoms with Crippen LogP contribution >= 0.6 is 11.3 Å². The van der Waals surface area contributed by atoms with Crippen molar-refractivity contribution >= 4 is 21.6 Å². The van der Waals surface area contributed by atoms with Crippen LogP contribution < -0.4 is 4.74 Å². The van der Waals surface area contributed by atoms with Gasteiger partial charge in [-0.05, 0) is 36.2 Å². The normalized spacial score (nSPS) is 11.8. The Kier molecular flexibility index (Phi) is 6.34. The summed E-state index contributed by atoms with van der Waals surface area (Å²) in [7, 11) is 0. The predicted molar refractivity (Wildman–Crippen MR) is 126 cm³/mol. The summed E-state index contributed by atoms with van der Waals surface area (Å²) in [5, 5.41) is 0.649. The molecule has 0 radical (unpaired) electrons. The van der Waals surface area contributed by atoms with Gasteiger partial charge in [0, 0.05) is 23.3 Å². The SMILES string of the molecule is Cc1ccc2nc(-c3ccc(-c4cc(F)c(C(F)(F)Oc5cc(F)c(F)c(F)c5)c(F)c4F)cc3)sc2c1. The summed E-state index contributed by atoms with van der Waals surface area (Å²) >= 11 is 1.41. The molecule has 0 aliphatic heterocycles. The smallest absolute Gasteiger partial charge is 0.429 e. The number of hydrogen-bond acceptors (Lipinski definition) is 3. The Labute approximate surface area is 213 Å². The van der Waals surface area contributed by atoms with Gasteiger partial charge in [0.1, 0.15) is 22.1 Å². The molecular formula is C27H13F8NOS. The second-order valence-corrected chi connectivity index (χ2v) is 9.33. The maximum absolute atomic E-state index is 14.9. The number of rotatable bonds is 5. The first kappa shape index (κ1) is 25.7. The number of aryl methyl sites for hydroxylation is 1. The summed E-state index contributed by atoms with van der Waals surface area (Å²) in [5.74, 6) is -12.9. The van der Waals surface area contributed by atoms with Crippen molar-refractivity contribution < 1.29 is 39.9 Å². The average Bonchev–Trinajstić information content (AvgIpc) is 3.27. The van der Waals surface area contributed by atoms with Crippen LogP contribution in [0.5, 0.6) is 5.75 Å². The highest BCUT2D eigenvalue weighted by atomic mass is 32.1. The summed E-state index contributed by atoms with van der Waals surface area (Å²) in [6, 6.07) is 12.0. The molecule has 5 aromatic rings. The van der Waals surface area contributed by atoms with E-state index in [1.807, 2.05) is 25.1 Å². The second kappa shape index (κ2) is 9.39. The number of aromatic nitrogens is 1. The van der Waals surface area contributed by atoms with Crippen molar-refractivity contribution in [2.24, 2.45) is 0 Å². The lowest BCUT2D eigenvalue weighted by Crippen LogP contribution is -2.26. The second-order valence-electron chi connectivity index (χ2n) is 8.30. The van der Waals surface area contributed by atoms with Crippen molar-refractivity contribution in [1.82, 2.24) is 4.98 Å². The zero-order valence-electron chi connectivity index (χ0n) is 19.1. The molecule has 0 unspecified atom stereocenters. The summed E-state index contributed by atoms with van der Waals surface area (Å²) in [5.41, 5.74) is -0.308. The number of thiazole rings is 1. The summed E-state index contributed by atoms with van der Waals surface area (Å²) in [6.07, 6.45) is -4.90. The van der Waals surface area contributed by atoms with E-state index >= 15 is 0 Å². The van der Waals surface area contributed by atoms with Crippen LogP contribution in [0, 0.1) is 41.8 Å². The first-order valence-electron chi connectivity index (χ1n) is 10.8. The Morgan fingerprint density at radius 1 is 0.711 bits per heavy atom. The van der Waals surface area contributed by atoms with Gasteiger partial charge < -0.3 is 4.74 Å². The lowest BCUT2D eigenvalue weighted by molar-refractivity contribution is -0.190. The van der Waals surface area contributed by atoms with E-state index in [9.17, 15) is 35.1 Å². The van der Waals surface area contributed by atoms with Crippen molar-refractivity contribution in [3.63, 3.8) is 0 Å². The monoisotopic (exact) mass is 551 g/mol. The lowest BCUT2D eigenvalue weighted by Gasteiger charge is -2.20. The van der Waals surface area contributed by atoms with Gasteiger partial charge in [0.25, 0.3) is 0 Å². The Balaban J connectivity index is 1.47. The van der Waals surface area contributed by atoms with Gasteiger partial charge in [0.2, 0.25) is 0 Å². The van der Waals surface area contributed by atoms with Crippen molar-refractivity contribution in [3.05, 3.63) is 107 Å².